The van der Waals surface area contributed by atoms with Crippen LogP contribution in [0.4, 0.5) is 0 Å². The number of carbonyl (C=O) groups is 1. The minimum atomic E-state index is 0.671. The van der Waals surface area contributed by atoms with Crippen LogP contribution in [0.25, 0.3) is 11.3 Å². The van der Waals surface area contributed by atoms with Gasteiger partial charge < -0.3 is 9.30 Å². The molecule has 0 saturated carbocycles. The molecule has 0 aliphatic carbocycles. The number of nitrogens with zero attached hydrogens (tertiary/aromatic N) is 2. The van der Waals surface area contributed by atoms with Crippen molar-refractivity contribution in [2.75, 3.05) is 12.9 Å². The third-order valence-corrected chi connectivity index (χ3v) is 4.25. The van der Waals surface area contributed by atoms with Gasteiger partial charge in [-0.2, -0.15) is 0 Å². The van der Waals surface area contributed by atoms with E-state index in [0.717, 1.165) is 46.3 Å². The molecule has 0 radical (unpaired) electrons. The second-order valence-electron chi connectivity index (χ2n) is 4.43. The monoisotopic (exact) mass is 274 g/mol. The zero-order valence-corrected chi connectivity index (χ0v) is 11.7. The van der Waals surface area contributed by atoms with E-state index in [1.165, 1.54) is 0 Å². The molecule has 19 heavy (non-hydrogen) atoms. The summed E-state index contributed by atoms with van der Waals surface area (Å²) in [4.78, 5) is 15.9. The highest BCUT2D eigenvalue weighted by molar-refractivity contribution is 7.99. The molecule has 4 nitrogen and oxygen atoms in total. The number of thioether (sulfide) groups is 1. The van der Waals surface area contributed by atoms with E-state index < -0.39 is 0 Å². The van der Waals surface area contributed by atoms with Crippen molar-refractivity contribution < 1.29 is 9.53 Å². The molecule has 98 valence electrons. The third kappa shape index (κ3) is 1.94. The molecule has 0 unspecified atom stereocenters. The van der Waals surface area contributed by atoms with Gasteiger partial charge in [0.1, 0.15) is 17.1 Å². The minimum Gasteiger partial charge on any atom is -0.496 e. The first-order valence-electron chi connectivity index (χ1n) is 6.08. The van der Waals surface area contributed by atoms with Crippen molar-refractivity contribution in [2.45, 2.75) is 18.6 Å². The number of ether oxygens (including phenoxy) is 1. The average molecular weight is 274 g/mol. The lowest BCUT2D eigenvalue weighted by molar-refractivity contribution is 0.111. The lowest BCUT2D eigenvalue weighted by Crippen LogP contribution is -2.00. The molecule has 1 aliphatic heterocycles. The quantitative estimate of drug-likeness (QED) is 0.807. The van der Waals surface area contributed by atoms with E-state index in [0.29, 0.717) is 5.69 Å². The fourth-order valence-corrected chi connectivity index (χ4v) is 3.31. The second-order valence-corrected chi connectivity index (χ2v) is 5.49. The van der Waals surface area contributed by atoms with Gasteiger partial charge >= 0.3 is 0 Å². The van der Waals surface area contributed by atoms with E-state index in [4.69, 9.17) is 4.74 Å². The number of benzene rings is 1. The van der Waals surface area contributed by atoms with Crippen molar-refractivity contribution in [1.29, 1.82) is 0 Å². The van der Waals surface area contributed by atoms with Crippen LogP contribution in [0.1, 0.15) is 16.1 Å². The second kappa shape index (κ2) is 4.74. The Hall–Kier alpha value is -1.75. The molecule has 0 atom stereocenters. The maximum absolute atomic E-state index is 11.3. The van der Waals surface area contributed by atoms with Crippen LogP contribution in [0.5, 0.6) is 5.75 Å². The fraction of sp³-hybridized carbons (Fsp3) is 0.286. The Balaban J connectivity index is 2.12. The van der Waals surface area contributed by atoms with Crippen molar-refractivity contribution in [1.82, 2.24) is 9.55 Å². The molecule has 0 spiro atoms. The van der Waals surface area contributed by atoms with Crippen LogP contribution in [-0.2, 0) is 6.54 Å². The first kappa shape index (κ1) is 12.3. The van der Waals surface area contributed by atoms with Crippen LogP contribution in [-0.4, -0.2) is 28.7 Å². The lowest BCUT2D eigenvalue weighted by Gasteiger charge is -2.07. The summed E-state index contributed by atoms with van der Waals surface area (Å²) in [5.74, 6) is 1.84. The SMILES string of the molecule is COc1ccc(-c2nc3n(c2C=O)CCS3)cc1C. The van der Waals surface area contributed by atoms with E-state index in [9.17, 15) is 4.79 Å². The summed E-state index contributed by atoms with van der Waals surface area (Å²) in [6.45, 7) is 2.84. The summed E-state index contributed by atoms with van der Waals surface area (Å²) in [6.07, 6.45) is 0.900. The van der Waals surface area contributed by atoms with Crippen molar-refractivity contribution in [3.05, 3.63) is 29.5 Å². The zero-order chi connectivity index (χ0) is 13.4. The Labute approximate surface area is 115 Å². The first-order valence-corrected chi connectivity index (χ1v) is 7.06. The van der Waals surface area contributed by atoms with Gasteiger partial charge in [0.25, 0.3) is 0 Å². The first-order chi connectivity index (χ1) is 9.24. The number of aromatic nitrogens is 2. The third-order valence-electron chi connectivity index (χ3n) is 3.30. The molecule has 0 saturated heterocycles. The number of aldehydes is 1. The minimum absolute atomic E-state index is 0.671. The highest BCUT2D eigenvalue weighted by Gasteiger charge is 2.22. The molecule has 1 aromatic carbocycles. The van der Waals surface area contributed by atoms with Crippen molar-refractivity contribution in [3.63, 3.8) is 0 Å². The van der Waals surface area contributed by atoms with E-state index in [-0.39, 0.29) is 0 Å². The van der Waals surface area contributed by atoms with Crippen LogP contribution in [0.2, 0.25) is 0 Å². The lowest BCUT2D eigenvalue weighted by atomic mass is 10.1. The van der Waals surface area contributed by atoms with Crippen LogP contribution >= 0.6 is 11.8 Å². The van der Waals surface area contributed by atoms with Gasteiger partial charge in [-0.3, -0.25) is 4.79 Å². The largest absolute Gasteiger partial charge is 0.496 e. The van der Waals surface area contributed by atoms with E-state index in [2.05, 4.69) is 4.98 Å². The summed E-state index contributed by atoms with van der Waals surface area (Å²) < 4.78 is 7.25. The average Bonchev–Trinajstić information content (AvgIpc) is 2.98. The maximum Gasteiger partial charge on any atom is 0.169 e. The molecule has 0 fully saturated rings. The molecule has 2 heterocycles. The normalized spacial score (nSPS) is 13.4. The molecule has 2 aromatic rings. The predicted molar refractivity (Wildman–Crippen MR) is 75.1 cm³/mol. The fourth-order valence-electron chi connectivity index (χ4n) is 2.36. The molecular weight excluding hydrogens is 260 g/mol. The van der Waals surface area contributed by atoms with Gasteiger partial charge in [-0.05, 0) is 30.7 Å². The Morgan fingerprint density at radius 3 is 3.00 bits per heavy atom. The van der Waals surface area contributed by atoms with Gasteiger partial charge in [-0.25, -0.2) is 4.98 Å². The Morgan fingerprint density at radius 1 is 1.47 bits per heavy atom. The summed E-state index contributed by atoms with van der Waals surface area (Å²) in [6, 6.07) is 5.87. The molecule has 3 rings (SSSR count). The van der Waals surface area contributed by atoms with Gasteiger partial charge in [0.15, 0.2) is 11.4 Å². The Morgan fingerprint density at radius 2 is 2.32 bits per heavy atom. The van der Waals surface area contributed by atoms with Gasteiger partial charge in [0, 0.05) is 17.9 Å². The maximum atomic E-state index is 11.3. The smallest absolute Gasteiger partial charge is 0.169 e. The molecular formula is C14H14N2O2S. The number of methoxy groups -OCH3 is 1. The van der Waals surface area contributed by atoms with Crippen LogP contribution in [0.15, 0.2) is 23.4 Å². The van der Waals surface area contributed by atoms with Gasteiger partial charge in [0.05, 0.1) is 7.11 Å². The number of fused-ring (bicyclic) bond motifs is 1. The molecule has 0 bridgehead atoms. The highest BCUT2D eigenvalue weighted by atomic mass is 32.2. The number of hydrogen-bond donors (Lipinski definition) is 0. The molecule has 1 aliphatic rings. The predicted octanol–water partition coefficient (Wildman–Crippen LogP) is 2.79. The Kier molecular flexibility index (Phi) is 3.06. The van der Waals surface area contributed by atoms with Gasteiger partial charge in [0.2, 0.25) is 0 Å². The number of rotatable bonds is 3. The van der Waals surface area contributed by atoms with E-state index in [1.807, 2.05) is 29.7 Å². The van der Waals surface area contributed by atoms with Gasteiger partial charge in [-0.15, -0.1) is 0 Å². The Bertz CT molecular complexity index is 649. The van der Waals surface area contributed by atoms with Crippen molar-refractivity contribution in [3.8, 4) is 17.0 Å². The van der Waals surface area contributed by atoms with Crippen molar-refractivity contribution >= 4 is 18.0 Å². The molecule has 0 N–H and O–H groups in total. The molecule has 1 aromatic heterocycles. The summed E-state index contributed by atoms with van der Waals surface area (Å²) in [5.41, 5.74) is 3.44. The van der Waals surface area contributed by atoms with E-state index >= 15 is 0 Å². The van der Waals surface area contributed by atoms with Gasteiger partial charge in [-0.1, -0.05) is 11.8 Å². The van der Waals surface area contributed by atoms with Crippen LogP contribution in [0.3, 0.4) is 0 Å². The number of aryl methyl sites for hydroxylation is 1. The van der Waals surface area contributed by atoms with Crippen LogP contribution < -0.4 is 4.74 Å². The van der Waals surface area contributed by atoms with E-state index in [1.54, 1.807) is 18.9 Å². The van der Waals surface area contributed by atoms with Crippen LogP contribution in [0, 0.1) is 6.92 Å². The number of hydrogen-bond acceptors (Lipinski definition) is 4. The molecule has 5 heteroatoms. The highest BCUT2D eigenvalue weighted by Crippen LogP contribution is 2.33. The molecule has 0 amide bonds. The summed E-state index contributed by atoms with van der Waals surface area (Å²) >= 11 is 1.69. The topological polar surface area (TPSA) is 44.1 Å². The zero-order valence-electron chi connectivity index (χ0n) is 10.8. The van der Waals surface area contributed by atoms with Crippen molar-refractivity contribution in [2.24, 2.45) is 0 Å². The number of imidazole rings is 1. The number of carbonyl (C=O) groups excluding carboxylic acids is 1. The standard InChI is InChI=1S/C14H14N2O2S/c1-9-7-10(3-4-12(9)18-2)13-11(8-17)16-5-6-19-14(16)15-13/h3-4,7-8H,5-6H2,1-2H3. The summed E-state index contributed by atoms with van der Waals surface area (Å²) in [7, 11) is 1.65. The summed E-state index contributed by atoms with van der Waals surface area (Å²) in [5, 5.41) is 0.936.